The van der Waals surface area contributed by atoms with Gasteiger partial charge in [0.2, 0.25) is 0 Å². The summed E-state index contributed by atoms with van der Waals surface area (Å²) in [6.07, 6.45) is 0. The first-order chi connectivity index (χ1) is 14.6. The largest absolute Gasteiger partial charge is 0.434 e. The molecule has 0 radical (unpaired) electrons. The van der Waals surface area contributed by atoms with Crippen LogP contribution in [-0.2, 0) is 19.6 Å². The number of aromatic amines is 3. The lowest BCUT2D eigenvalue weighted by molar-refractivity contribution is -0.763. The van der Waals surface area contributed by atoms with Crippen LogP contribution in [0, 0.1) is 0 Å². The molecule has 170 valence electrons. The van der Waals surface area contributed by atoms with Crippen molar-refractivity contribution in [2.24, 2.45) is 0 Å². The van der Waals surface area contributed by atoms with Gasteiger partial charge in [0.25, 0.3) is 0 Å². The van der Waals surface area contributed by atoms with Crippen LogP contribution in [0.3, 0.4) is 0 Å². The van der Waals surface area contributed by atoms with Gasteiger partial charge in [-0.15, -0.1) is 0 Å². The van der Waals surface area contributed by atoms with E-state index in [-0.39, 0.29) is 36.7 Å². The van der Waals surface area contributed by atoms with Gasteiger partial charge in [0, 0.05) is 30.2 Å². The second kappa shape index (κ2) is 8.50. The molecule has 0 amide bonds. The molecule has 31 heavy (non-hydrogen) atoms. The summed E-state index contributed by atoms with van der Waals surface area (Å²) in [5.74, 6) is 0. The molecule has 16 nitrogen and oxygen atoms in total. The molecule has 3 N–H and O–H groups in total. The van der Waals surface area contributed by atoms with E-state index in [0.29, 0.717) is 0 Å². The van der Waals surface area contributed by atoms with Gasteiger partial charge in [-0.1, -0.05) is 0 Å². The Morgan fingerprint density at radius 3 is 1.06 bits per heavy atom. The van der Waals surface area contributed by atoms with E-state index in [1.165, 1.54) is 14.4 Å². The normalized spacial score (nSPS) is 11.3. The highest BCUT2D eigenvalue weighted by atomic mass is 16.5. The second-order valence-electron chi connectivity index (χ2n) is 7.40. The third kappa shape index (κ3) is 4.37. The second-order valence-corrected chi connectivity index (χ2v) is 7.40. The molecule has 0 saturated carbocycles. The first kappa shape index (κ1) is 21.9. The number of hydrogen-bond acceptors (Lipinski definition) is 10. The van der Waals surface area contributed by atoms with E-state index in [2.05, 4.69) is 15.8 Å². The summed E-state index contributed by atoms with van der Waals surface area (Å²) < 4.78 is 14.7. The standard InChI is InChI=1S/C15H24N10O6/c1-19(2)23-10(13(26)29-16-23)7-22(8-11-14(27)30-17-24(11)20(3)4)9-12-15(28)31-18-25(12)21(5)6/h7-9H2,1-6H3/p+3. The van der Waals surface area contributed by atoms with Crippen LogP contribution < -0.4 is 46.3 Å². The molecule has 0 aliphatic heterocycles. The molecule has 0 saturated heterocycles. The Hall–Kier alpha value is -3.82. The van der Waals surface area contributed by atoms with Crippen molar-refractivity contribution in [2.45, 2.75) is 19.6 Å². The zero-order valence-corrected chi connectivity index (χ0v) is 18.2. The van der Waals surface area contributed by atoms with Crippen LogP contribution in [0.2, 0.25) is 0 Å². The molecule has 0 aliphatic rings. The maximum absolute atomic E-state index is 12.3. The number of nitrogens with one attached hydrogen (secondary N) is 3. The molecule has 16 heteroatoms. The van der Waals surface area contributed by atoms with Crippen LogP contribution in [-0.4, -0.2) is 63.0 Å². The van der Waals surface area contributed by atoms with Crippen molar-refractivity contribution in [3.63, 3.8) is 0 Å². The summed E-state index contributed by atoms with van der Waals surface area (Å²) in [4.78, 5) is 42.9. The van der Waals surface area contributed by atoms with E-state index in [4.69, 9.17) is 13.6 Å². The van der Waals surface area contributed by atoms with E-state index >= 15 is 0 Å². The predicted octanol–water partition coefficient (Wildman–Crippen LogP) is -4.81. The minimum Gasteiger partial charge on any atom is -0.281 e. The monoisotopic (exact) mass is 443 g/mol. The van der Waals surface area contributed by atoms with Crippen LogP contribution in [0.15, 0.2) is 28.0 Å². The van der Waals surface area contributed by atoms with Gasteiger partial charge in [-0.2, -0.15) is 15.0 Å². The van der Waals surface area contributed by atoms with Gasteiger partial charge in [0.05, 0.1) is 61.9 Å². The Bertz CT molecular complexity index is 1040. The zero-order chi connectivity index (χ0) is 22.9. The Morgan fingerprint density at radius 1 is 0.581 bits per heavy atom. The van der Waals surface area contributed by atoms with Gasteiger partial charge in [-0.05, 0) is 0 Å². The molecular formula is C15H27N10O6+3. The van der Waals surface area contributed by atoms with Gasteiger partial charge < -0.3 is 0 Å². The first-order valence-electron chi connectivity index (χ1n) is 9.22. The summed E-state index contributed by atoms with van der Waals surface area (Å²) in [5.41, 5.74) is -0.960. The van der Waals surface area contributed by atoms with Crippen LogP contribution >= 0.6 is 0 Å². The van der Waals surface area contributed by atoms with Crippen molar-refractivity contribution < 1.29 is 27.9 Å². The Labute approximate surface area is 174 Å². The van der Waals surface area contributed by atoms with Crippen molar-refractivity contribution in [1.82, 2.24) is 20.7 Å². The van der Waals surface area contributed by atoms with Crippen molar-refractivity contribution >= 4 is 0 Å². The fourth-order valence-electron chi connectivity index (χ4n) is 3.02. The van der Waals surface area contributed by atoms with Crippen molar-refractivity contribution in [3.05, 3.63) is 48.3 Å². The SMILES string of the molecule is CN(C)[n+]1[nH]oc(=O)c1CN(Cc1c(=O)o[nH][n+]1N(C)C)Cc1c(=O)o[nH][n+]1N(C)C. The quantitative estimate of drug-likeness (QED) is 0.274. The molecule has 0 atom stereocenters. The number of H-pyrrole nitrogens is 3. The Morgan fingerprint density at radius 2 is 0.839 bits per heavy atom. The minimum absolute atomic E-state index is 0.0418. The first-order valence-corrected chi connectivity index (χ1v) is 9.22. The maximum atomic E-state index is 12.3. The summed E-state index contributed by atoms with van der Waals surface area (Å²) >= 11 is 0. The molecule has 3 aromatic rings. The number of rotatable bonds is 9. The number of nitrogens with zero attached hydrogens (tertiary/aromatic N) is 7. The number of aromatic nitrogens is 6. The smallest absolute Gasteiger partial charge is 0.281 e. The van der Waals surface area contributed by atoms with E-state index in [0.717, 1.165) is 0 Å². The highest BCUT2D eigenvalue weighted by Gasteiger charge is 2.35. The molecule has 0 bridgehead atoms. The summed E-state index contributed by atoms with van der Waals surface area (Å²) in [6.45, 7) is 0.125. The summed E-state index contributed by atoms with van der Waals surface area (Å²) in [5, 5.41) is 12.4. The third-order valence-corrected chi connectivity index (χ3v) is 4.47. The van der Waals surface area contributed by atoms with Gasteiger partial charge in [-0.25, -0.2) is 14.4 Å². The lowest BCUT2D eigenvalue weighted by Crippen LogP contribution is -2.60. The summed E-state index contributed by atoms with van der Waals surface area (Å²) in [6, 6.07) is 0. The molecular weight excluding hydrogens is 416 g/mol. The summed E-state index contributed by atoms with van der Waals surface area (Å²) in [7, 11) is 10.3. The lowest BCUT2D eigenvalue weighted by atomic mass is 10.3. The molecule has 0 spiro atoms. The molecule has 0 fully saturated rings. The average Bonchev–Trinajstić information content (AvgIpc) is 3.34. The van der Waals surface area contributed by atoms with Gasteiger partial charge in [0.15, 0.2) is 0 Å². The van der Waals surface area contributed by atoms with Crippen molar-refractivity contribution in [2.75, 3.05) is 57.3 Å². The number of hydrogen-bond donors (Lipinski definition) is 3. The molecule has 3 heterocycles. The topological polar surface area (TPSA) is 163 Å². The minimum atomic E-state index is -0.582. The maximum Gasteiger partial charge on any atom is 0.434 e. The van der Waals surface area contributed by atoms with E-state index in [9.17, 15) is 14.4 Å². The van der Waals surface area contributed by atoms with Crippen LogP contribution in [0.25, 0.3) is 0 Å². The van der Waals surface area contributed by atoms with E-state index in [1.807, 2.05) is 0 Å². The lowest BCUT2D eigenvalue weighted by Gasteiger charge is -2.15. The van der Waals surface area contributed by atoms with Gasteiger partial charge in [0.1, 0.15) is 0 Å². The Kier molecular flexibility index (Phi) is 6.00. The van der Waals surface area contributed by atoms with E-state index in [1.54, 1.807) is 62.2 Å². The fraction of sp³-hybridized carbons (Fsp3) is 0.600. The third-order valence-electron chi connectivity index (χ3n) is 4.47. The Balaban J connectivity index is 2.03. The molecule has 0 unspecified atom stereocenters. The van der Waals surface area contributed by atoms with Gasteiger partial charge >= 0.3 is 34.0 Å². The average molecular weight is 443 g/mol. The van der Waals surface area contributed by atoms with Crippen molar-refractivity contribution in [3.8, 4) is 0 Å². The van der Waals surface area contributed by atoms with Gasteiger partial charge in [-0.3, -0.25) is 18.5 Å². The van der Waals surface area contributed by atoms with Crippen LogP contribution in [0.5, 0.6) is 0 Å². The van der Waals surface area contributed by atoms with Crippen LogP contribution in [0.4, 0.5) is 0 Å². The highest BCUT2D eigenvalue weighted by molar-refractivity contribution is 4.92. The van der Waals surface area contributed by atoms with Crippen LogP contribution in [0.1, 0.15) is 17.1 Å². The molecule has 0 aliphatic carbocycles. The highest BCUT2D eigenvalue weighted by Crippen LogP contribution is 2.05. The fourth-order valence-corrected chi connectivity index (χ4v) is 3.02. The predicted molar refractivity (Wildman–Crippen MR) is 102 cm³/mol. The van der Waals surface area contributed by atoms with Crippen molar-refractivity contribution in [1.29, 1.82) is 0 Å². The zero-order valence-electron chi connectivity index (χ0n) is 18.2. The molecule has 0 aromatic carbocycles. The molecule has 3 aromatic heterocycles. The van der Waals surface area contributed by atoms with E-state index < -0.39 is 16.9 Å². The molecule has 3 rings (SSSR count).